The molecule has 1 aliphatic rings. The van der Waals surface area contributed by atoms with E-state index in [0.29, 0.717) is 25.4 Å². The number of hydrogen-bond acceptors (Lipinski definition) is 5. The fourth-order valence-electron chi connectivity index (χ4n) is 3.06. The minimum atomic E-state index is -3.58. The molecule has 0 aromatic heterocycles. The number of benzene rings is 2. The second kappa shape index (κ2) is 9.60. The summed E-state index contributed by atoms with van der Waals surface area (Å²) in [6, 6.07) is 13.8. The Balaban J connectivity index is 1.72. The lowest BCUT2D eigenvalue weighted by atomic mass is 10.2. The van der Waals surface area contributed by atoms with Gasteiger partial charge in [0.15, 0.2) is 0 Å². The highest BCUT2D eigenvalue weighted by atomic mass is 79.9. The monoisotopic (exact) mass is 482 g/mol. The van der Waals surface area contributed by atoms with Crippen molar-refractivity contribution in [3.8, 4) is 5.75 Å². The van der Waals surface area contributed by atoms with Gasteiger partial charge >= 0.3 is 16.1 Å². The maximum Gasteiger partial charge on any atom is 0.322 e. The van der Waals surface area contributed by atoms with Gasteiger partial charge in [0.2, 0.25) is 0 Å². The van der Waals surface area contributed by atoms with Gasteiger partial charge in [-0.05, 0) is 58.6 Å². The fourth-order valence-corrected chi connectivity index (χ4v) is 3.90. The second-order valence-corrected chi connectivity index (χ2v) is 9.29. The van der Waals surface area contributed by atoms with E-state index in [2.05, 4.69) is 21.2 Å². The van der Waals surface area contributed by atoms with Crippen molar-refractivity contribution in [2.75, 3.05) is 24.7 Å². The number of para-hydroxylation sites is 1. The van der Waals surface area contributed by atoms with Crippen LogP contribution in [0.1, 0.15) is 18.4 Å². The summed E-state index contributed by atoms with van der Waals surface area (Å²) < 4.78 is 33.9. The van der Waals surface area contributed by atoms with Gasteiger partial charge in [-0.3, -0.25) is 0 Å². The first kappa shape index (κ1) is 21.6. The summed E-state index contributed by atoms with van der Waals surface area (Å²) in [5.74, 6) is 0.236. The molecule has 156 valence electrons. The van der Waals surface area contributed by atoms with Crippen LogP contribution in [0.3, 0.4) is 0 Å². The highest BCUT2D eigenvalue weighted by Crippen LogP contribution is 2.23. The number of halogens is 1. The number of hydrogen-bond donors (Lipinski definition) is 1. The van der Waals surface area contributed by atoms with Crippen molar-refractivity contribution in [2.24, 2.45) is 0 Å². The molecule has 0 aliphatic carbocycles. The first-order chi connectivity index (χ1) is 13.8. The van der Waals surface area contributed by atoms with E-state index < -0.39 is 10.1 Å². The molecular formula is C20H23BrN2O5S. The SMILES string of the molecule is CS(=O)(=O)Oc1ccc(CN(CC2CCCO2)C(=O)Nc2ccccc2Br)cc1. The number of ether oxygens (including phenoxy) is 1. The third-order valence-corrected chi connectivity index (χ3v) is 5.58. The molecule has 0 spiro atoms. The molecule has 1 atom stereocenters. The van der Waals surface area contributed by atoms with Crippen molar-refractivity contribution in [3.63, 3.8) is 0 Å². The van der Waals surface area contributed by atoms with Gasteiger partial charge in [-0.25, -0.2) is 4.79 Å². The van der Waals surface area contributed by atoms with E-state index in [1.807, 2.05) is 24.3 Å². The van der Waals surface area contributed by atoms with E-state index in [9.17, 15) is 13.2 Å². The molecule has 29 heavy (non-hydrogen) atoms. The van der Waals surface area contributed by atoms with Crippen LogP contribution in [-0.2, 0) is 21.4 Å². The van der Waals surface area contributed by atoms with Gasteiger partial charge in [-0.2, -0.15) is 8.42 Å². The van der Waals surface area contributed by atoms with E-state index in [4.69, 9.17) is 8.92 Å². The molecule has 1 heterocycles. The van der Waals surface area contributed by atoms with Crippen molar-refractivity contribution in [1.29, 1.82) is 0 Å². The van der Waals surface area contributed by atoms with E-state index in [-0.39, 0.29) is 17.9 Å². The van der Waals surface area contributed by atoms with Gasteiger partial charge in [0.25, 0.3) is 0 Å². The van der Waals surface area contributed by atoms with E-state index in [1.165, 1.54) is 0 Å². The van der Waals surface area contributed by atoms with Crippen molar-refractivity contribution < 1.29 is 22.1 Å². The Kier molecular flexibility index (Phi) is 7.15. The van der Waals surface area contributed by atoms with Crippen LogP contribution < -0.4 is 9.50 Å². The molecule has 2 amide bonds. The van der Waals surface area contributed by atoms with Crippen LogP contribution in [0, 0.1) is 0 Å². The van der Waals surface area contributed by atoms with Crippen LogP contribution >= 0.6 is 15.9 Å². The van der Waals surface area contributed by atoms with Crippen LogP contribution in [0.5, 0.6) is 5.75 Å². The highest BCUT2D eigenvalue weighted by molar-refractivity contribution is 9.10. The Morgan fingerprint density at radius 1 is 1.24 bits per heavy atom. The number of carbonyl (C=O) groups is 1. The first-order valence-corrected chi connectivity index (χ1v) is 11.8. The Morgan fingerprint density at radius 2 is 1.97 bits per heavy atom. The molecule has 0 saturated carbocycles. The normalized spacial score (nSPS) is 16.4. The molecule has 1 aliphatic heterocycles. The average molecular weight is 483 g/mol. The standard InChI is InChI=1S/C20H23BrN2O5S/c1-29(25,26)28-16-10-8-15(9-11-16)13-23(14-17-5-4-12-27-17)20(24)22-19-7-3-2-6-18(19)21/h2-3,6-11,17H,4-5,12-14H2,1H3,(H,22,24). The maximum atomic E-state index is 12.9. The minimum Gasteiger partial charge on any atom is -0.383 e. The smallest absolute Gasteiger partial charge is 0.322 e. The molecule has 9 heteroatoms. The summed E-state index contributed by atoms with van der Waals surface area (Å²) in [6.45, 7) is 1.54. The van der Waals surface area contributed by atoms with Gasteiger partial charge in [0.05, 0.1) is 18.0 Å². The molecule has 0 radical (unpaired) electrons. The first-order valence-electron chi connectivity index (χ1n) is 9.20. The summed E-state index contributed by atoms with van der Waals surface area (Å²) in [4.78, 5) is 14.6. The second-order valence-electron chi connectivity index (χ2n) is 6.86. The van der Waals surface area contributed by atoms with Crippen LogP contribution in [0.15, 0.2) is 53.0 Å². The number of nitrogens with one attached hydrogen (secondary N) is 1. The largest absolute Gasteiger partial charge is 0.383 e. The van der Waals surface area contributed by atoms with Gasteiger partial charge < -0.3 is 19.1 Å². The van der Waals surface area contributed by atoms with Crippen LogP contribution in [0.2, 0.25) is 0 Å². The molecule has 2 aromatic rings. The number of urea groups is 1. The number of rotatable bonds is 7. The Bertz CT molecular complexity index is 944. The lowest BCUT2D eigenvalue weighted by molar-refractivity contribution is 0.0819. The molecule has 0 bridgehead atoms. The van der Waals surface area contributed by atoms with Gasteiger partial charge in [-0.1, -0.05) is 24.3 Å². The maximum absolute atomic E-state index is 12.9. The number of carbonyl (C=O) groups excluding carboxylic acids is 1. The topological polar surface area (TPSA) is 84.9 Å². The van der Waals surface area contributed by atoms with Crippen molar-refractivity contribution in [3.05, 3.63) is 58.6 Å². The third-order valence-electron chi connectivity index (χ3n) is 4.40. The molecule has 1 unspecified atom stereocenters. The third kappa shape index (κ3) is 6.73. The fraction of sp³-hybridized carbons (Fsp3) is 0.350. The van der Waals surface area contributed by atoms with Crippen LogP contribution in [0.4, 0.5) is 10.5 Å². The predicted octanol–water partition coefficient (Wildman–Crippen LogP) is 4.00. The summed E-state index contributed by atoms with van der Waals surface area (Å²) in [6.07, 6.45) is 2.91. The lowest BCUT2D eigenvalue weighted by Gasteiger charge is -2.26. The summed E-state index contributed by atoms with van der Waals surface area (Å²) in [7, 11) is -3.58. The number of nitrogens with zero attached hydrogens (tertiary/aromatic N) is 1. The van der Waals surface area contributed by atoms with Crippen molar-refractivity contribution in [1.82, 2.24) is 4.90 Å². The molecule has 1 fully saturated rings. The zero-order chi connectivity index (χ0) is 20.9. The predicted molar refractivity (Wildman–Crippen MR) is 114 cm³/mol. The quantitative estimate of drug-likeness (QED) is 0.602. The Hall–Kier alpha value is -2.10. The minimum absolute atomic E-state index is 0.00723. The highest BCUT2D eigenvalue weighted by Gasteiger charge is 2.23. The summed E-state index contributed by atoms with van der Waals surface area (Å²) >= 11 is 3.44. The van der Waals surface area contributed by atoms with E-state index >= 15 is 0 Å². The Morgan fingerprint density at radius 3 is 2.59 bits per heavy atom. The van der Waals surface area contributed by atoms with Crippen molar-refractivity contribution >= 4 is 37.8 Å². The zero-order valence-corrected chi connectivity index (χ0v) is 18.4. The van der Waals surface area contributed by atoms with Crippen LogP contribution in [-0.4, -0.2) is 44.9 Å². The number of amides is 2. The van der Waals surface area contributed by atoms with Gasteiger partial charge in [0, 0.05) is 24.2 Å². The zero-order valence-electron chi connectivity index (χ0n) is 16.0. The molecule has 3 rings (SSSR count). The molecule has 2 aromatic carbocycles. The molecule has 1 saturated heterocycles. The molecular weight excluding hydrogens is 460 g/mol. The molecule has 7 nitrogen and oxygen atoms in total. The average Bonchev–Trinajstić information content (AvgIpc) is 3.16. The Labute approximate surface area is 179 Å². The van der Waals surface area contributed by atoms with Crippen LogP contribution in [0.25, 0.3) is 0 Å². The van der Waals surface area contributed by atoms with E-state index in [1.54, 1.807) is 29.2 Å². The number of anilines is 1. The van der Waals surface area contributed by atoms with E-state index in [0.717, 1.165) is 29.1 Å². The lowest BCUT2D eigenvalue weighted by Crippen LogP contribution is -2.39. The molecule has 1 N–H and O–H groups in total. The van der Waals surface area contributed by atoms with Gasteiger partial charge in [-0.15, -0.1) is 0 Å². The van der Waals surface area contributed by atoms with Crippen molar-refractivity contribution in [2.45, 2.75) is 25.5 Å². The van der Waals surface area contributed by atoms with Gasteiger partial charge in [0.1, 0.15) is 5.75 Å². The summed E-state index contributed by atoms with van der Waals surface area (Å²) in [5, 5.41) is 2.93. The summed E-state index contributed by atoms with van der Waals surface area (Å²) in [5.41, 5.74) is 1.54.